The summed E-state index contributed by atoms with van der Waals surface area (Å²) in [5.74, 6) is -1.19. The van der Waals surface area contributed by atoms with Crippen LogP contribution in [0.4, 0.5) is 4.79 Å². The van der Waals surface area contributed by atoms with E-state index in [1.165, 1.54) is 6.66 Å². The van der Waals surface area contributed by atoms with E-state index in [9.17, 15) is 14.2 Å². The SMILES string of the molecule is CCOC(=O)N[C@@H](CCP(C)(=O)OCC)C(=O)O. The third kappa shape index (κ3) is 7.29. The van der Waals surface area contributed by atoms with Gasteiger partial charge in [-0.05, 0) is 20.3 Å². The number of carbonyl (C=O) groups is 2. The van der Waals surface area contributed by atoms with E-state index >= 15 is 0 Å². The fraction of sp³-hybridized carbons (Fsp3) is 0.800. The molecule has 1 amide bonds. The summed E-state index contributed by atoms with van der Waals surface area (Å²) in [7, 11) is -2.80. The molecule has 0 fully saturated rings. The maximum Gasteiger partial charge on any atom is 0.407 e. The molecule has 0 heterocycles. The molecule has 2 atom stereocenters. The second-order valence-electron chi connectivity index (χ2n) is 3.70. The van der Waals surface area contributed by atoms with Crippen LogP contribution in [0.2, 0.25) is 0 Å². The first-order chi connectivity index (χ1) is 8.32. The number of alkyl carbamates (subject to hydrolysis) is 1. The van der Waals surface area contributed by atoms with E-state index < -0.39 is 25.5 Å². The van der Waals surface area contributed by atoms with Gasteiger partial charge in [0.1, 0.15) is 6.04 Å². The predicted octanol–water partition coefficient (Wildman–Crippen LogP) is 1.52. The van der Waals surface area contributed by atoms with Gasteiger partial charge in [-0.15, -0.1) is 0 Å². The number of hydrogen-bond acceptors (Lipinski definition) is 5. The lowest BCUT2D eigenvalue weighted by Crippen LogP contribution is -2.41. The van der Waals surface area contributed by atoms with E-state index in [-0.39, 0.29) is 19.2 Å². The van der Waals surface area contributed by atoms with Crippen molar-refractivity contribution in [3.8, 4) is 0 Å². The van der Waals surface area contributed by atoms with Crippen LogP contribution in [0.3, 0.4) is 0 Å². The van der Waals surface area contributed by atoms with E-state index in [0.29, 0.717) is 6.61 Å². The zero-order valence-electron chi connectivity index (χ0n) is 10.8. The smallest absolute Gasteiger partial charge is 0.407 e. The molecule has 8 heteroatoms. The zero-order chi connectivity index (χ0) is 14.2. The molecule has 0 aromatic rings. The lowest BCUT2D eigenvalue weighted by Gasteiger charge is -2.17. The van der Waals surface area contributed by atoms with Crippen LogP contribution >= 0.6 is 7.37 Å². The summed E-state index contributed by atoms with van der Waals surface area (Å²) in [6, 6.07) is -1.13. The normalized spacial score (nSPS) is 15.5. The molecule has 0 saturated heterocycles. The lowest BCUT2D eigenvalue weighted by atomic mass is 10.2. The summed E-state index contributed by atoms with van der Waals surface area (Å²) in [6.45, 7) is 5.23. The molecule has 2 N–H and O–H groups in total. The van der Waals surface area contributed by atoms with Gasteiger partial charge in [-0.25, -0.2) is 9.59 Å². The molecule has 7 nitrogen and oxygen atoms in total. The second kappa shape index (κ2) is 8.11. The largest absolute Gasteiger partial charge is 0.480 e. The molecule has 0 rings (SSSR count). The third-order valence-corrected chi connectivity index (χ3v) is 3.97. The van der Waals surface area contributed by atoms with Gasteiger partial charge in [0.05, 0.1) is 13.2 Å². The van der Waals surface area contributed by atoms with Crippen molar-refractivity contribution in [2.45, 2.75) is 26.3 Å². The van der Waals surface area contributed by atoms with Crippen molar-refractivity contribution in [3.05, 3.63) is 0 Å². The standard InChI is InChI=1S/C10H20NO6P/c1-4-16-10(14)11-8(9(12)13)6-7-18(3,15)17-5-2/h8H,4-7H2,1-3H3,(H,11,14)(H,12,13)/t8-,18?/m0/s1. The van der Waals surface area contributed by atoms with Gasteiger partial charge in [-0.3, -0.25) is 4.57 Å². The topological polar surface area (TPSA) is 102 Å². The molecule has 1 unspecified atom stereocenters. The van der Waals surface area contributed by atoms with Crippen molar-refractivity contribution in [2.24, 2.45) is 0 Å². The Bertz CT molecular complexity index is 332. The van der Waals surface area contributed by atoms with Crippen molar-refractivity contribution < 1.29 is 28.5 Å². The summed E-state index contributed by atoms with van der Waals surface area (Å²) in [4.78, 5) is 22.0. The number of carboxylic acids is 1. The minimum atomic E-state index is -2.80. The van der Waals surface area contributed by atoms with E-state index in [1.807, 2.05) is 0 Å². The highest BCUT2D eigenvalue weighted by Crippen LogP contribution is 2.43. The maximum atomic E-state index is 11.8. The fourth-order valence-corrected chi connectivity index (χ4v) is 2.68. The highest BCUT2D eigenvalue weighted by molar-refractivity contribution is 7.58. The van der Waals surface area contributed by atoms with Crippen molar-refractivity contribution >= 4 is 19.4 Å². The van der Waals surface area contributed by atoms with Crippen molar-refractivity contribution in [3.63, 3.8) is 0 Å². The van der Waals surface area contributed by atoms with Gasteiger partial charge < -0.3 is 19.7 Å². The number of hydrogen-bond donors (Lipinski definition) is 2. The third-order valence-electron chi connectivity index (χ3n) is 2.09. The summed E-state index contributed by atoms with van der Waals surface area (Å²) < 4.78 is 21.4. The monoisotopic (exact) mass is 281 g/mol. The van der Waals surface area contributed by atoms with E-state index in [4.69, 9.17) is 9.63 Å². The minimum Gasteiger partial charge on any atom is -0.480 e. The molecule has 18 heavy (non-hydrogen) atoms. The van der Waals surface area contributed by atoms with Crippen molar-refractivity contribution in [1.82, 2.24) is 5.32 Å². The van der Waals surface area contributed by atoms with Crippen molar-refractivity contribution in [2.75, 3.05) is 26.0 Å². The second-order valence-corrected chi connectivity index (χ2v) is 6.43. The molecule has 0 aliphatic rings. The Morgan fingerprint density at radius 2 is 1.94 bits per heavy atom. The molecule has 0 aromatic heterocycles. The number of aliphatic carboxylic acids is 1. The Labute approximate surface area is 106 Å². The lowest BCUT2D eigenvalue weighted by molar-refractivity contribution is -0.139. The Kier molecular flexibility index (Phi) is 7.62. The van der Waals surface area contributed by atoms with E-state index in [0.717, 1.165) is 0 Å². The number of carboxylic acid groups (broad SMARTS) is 1. The van der Waals surface area contributed by atoms with E-state index in [1.54, 1.807) is 13.8 Å². The summed E-state index contributed by atoms with van der Waals surface area (Å²) in [5.41, 5.74) is 0. The van der Waals surface area contributed by atoms with Crippen LogP contribution in [-0.4, -0.2) is 49.3 Å². The molecule has 0 aliphatic carbocycles. The van der Waals surface area contributed by atoms with Gasteiger partial charge in [-0.1, -0.05) is 0 Å². The maximum absolute atomic E-state index is 11.8. The minimum absolute atomic E-state index is 0.0297. The number of ether oxygens (including phenoxy) is 1. The van der Waals surface area contributed by atoms with Crippen LogP contribution in [0, 0.1) is 0 Å². The fourth-order valence-electron chi connectivity index (χ4n) is 1.27. The quantitative estimate of drug-likeness (QED) is 0.654. The number of nitrogens with one attached hydrogen (secondary N) is 1. The average molecular weight is 281 g/mol. The number of amides is 1. The van der Waals surface area contributed by atoms with Crippen LogP contribution in [0.15, 0.2) is 0 Å². The van der Waals surface area contributed by atoms with Crippen LogP contribution in [0.25, 0.3) is 0 Å². The van der Waals surface area contributed by atoms with Crippen LogP contribution in [0.1, 0.15) is 20.3 Å². The zero-order valence-corrected chi connectivity index (χ0v) is 11.7. The predicted molar refractivity (Wildman–Crippen MR) is 66.2 cm³/mol. The van der Waals surface area contributed by atoms with Gasteiger partial charge >= 0.3 is 12.1 Å². The first-order valence-corrected chi connectivity index (χ1v) is 7.95. The molecule has 0 saturated carbocycles. The molecular formula is C10H20NO6P. The molecule has 0 spiro atoms. The van der Waals surface area contributed by atoms with Gasteiger partial charge in [0.25, 0.3) is 0 Å². The highest BCUT2D eigenvalue weighted by Gasteiger charge is 2.24. The Morgan fingerprint density at radius 1 is 1.33 bits per heavy atom. The molecule has 106 valence electrons. The average Bonchev–Trinajstić information content (AvgIpc) is 2.24. The highest BCUT2D eigenvalue weighted by atomic mass is 31.2. The Hall–Kier alpha value is -1.07. The molecule has 0 bridgehead atoms. The number of carbonyl (C=O) groups excluding carboxylic acids is 1. The molecule has 0 aromatic carbocycles. The van der Waals surface area contributed by atoms with Gasteiger partial charge in [0.15, 0.2) is 7.37 Å². The molecule has 0 radical (unpaired) electrons. The first-order valence-electron chi connectivity index (χ1n) is 5.69. The van der Waals surface area contributed by atoms with Gasteiger partial charge in [0.2, 0.25) is 0 Å². The van der Waals surface area contributed by atoms with Crippen LogP contribution < -0.4 is 5.32 Å². The summed E-state index contributed by atoms with van der Waals surface area (Å²) in [5, 5.41) is 11.1. The van der Waals surface area contributed by atoms with Crippen LogP contribution in [-0.2, 0) is 18.6 Å². The van der Waals surface area contributed by atoms with Crippen LogP contribution in [0.5, 0.6) is 0 Å². The summed E-state index contributed by atoms with van der Waals surface area (Å²) in [6.07, 6.45) is -0.682. The first kappa shape index (κ1) is 16.9. The van der Waals surface area contributed by atoms with Gasteiger partial charge in [-0.2, -0.15) is 0 Å². The number of rotatable bonds is 8. The van der Waals surface area contributed by atoms with E-state index in [2.05, 4.69) is 10.1 Å². The molecular weight excluding hydrogens is 261 g/mol. The molecule has 0 aliphatic heterocycles. The Balaban J connectivity index is 4.33. The Morgan fingerprint density at radius 3 is 2.39 bits per heavy atom. The summed E-state index contributed by atoms with van der Waals surface area (Å²) >= 11 is 0. The van der Waals surface area contributed by atoms with Gasteiger partial charge in [0, 0.05) is 12.8 Å². The van der Waals surface area contributed by atoms with Crippen molar-refractivity contribution in [1.29, 1.82) is 0 Å².